The van der Waals surface area contributed by atoms with Gasteiger partial charge in [0.05, 0.1) is 6.61 Å². The number of nitrogens with zero attached hydrogens (tertiary/aromatic N) is 5. The van der Waals surface area contributed by atoms with Gasteiger partial charge in [-0.1, -0.05) is 6.07 Å². The summed E-state index contributed by atoms with van der Waals surface area (Å²) in [5, 5.41) is 3.47. The Morgan fingerprint density at radius 3 is 2.71 bits per heavy atom. The molecular weight excluding hydrogens is 471 g/mol. The second-order valence-electron chi connectivity index (χ2n) is 7.20. The molecule has 156 valence electrons. The maximum absolute atomic E-state index is 12.0. The first kappa shape index (κ1) is 22.7. The molecule has 2 saturated heterocycles. The van der Waals surface area contributed by atoms with Gasteiger partial charge in [0, 0.05) is 65.5 Å². The maximum atomic E-state index is 12.0. The average molecular weight is 502 g/mol. The van der Waals surface area contributed by atoms with Crippen LogP contribution in [0.2, 0.25) is 0 Å². The van der Waals surface area contributed by atoms with Crippen molar-refractivity contribution in [2.45, 2.75) is 6.42 Å². The number of carbonyl (C=O) groups excluding carboxylic acids is 1. The SMILES string of the molecule is CN(C)C(=O)CN=C(NCC1CCOC1)N1CCN(c2ccccn2)CC1.I. The van der Waals surface area contributed by atoms with Gasteiger partial charge in [-0.3, -0.25) is 4.79 Å². The molecule has 1 atom stereocenters. The maximum Gasteiger partial charge on any atom is 0.243 e. The molecule has 0 radical (unpaired) electrons. The summed E-state index contributed by atoms with van der Waals surface area (Å²) >= 11 is 0. The first-order chi connectivity index (χ1) is 13.1. The predicted molar refractivity (Wildman–Crippen MR) is 121 cm³/mol. The number of amides is 1. The van der Waals surface area contributed by atoms with E-state index in [1.54, 1.807) is 19.0 Å². The molecule has 1 unspecified atom stereocenters. The van der Waals surface area contributed by atoms with Crippen molar-refractivity contribution >= 4 is 41.7 Å². The number of aromatic nitrogens is 1. The summed E-state index contributed by atoms with van der Waals surface area (Å²) < 4.78 is 5.46. The van der Waals surface area contributed by atoms with Gasteiger partial charge in [-0.15, -0.1) is 24.0 Å². The lowest BCUT2D eigenvalue weighted by Crippen LogP contribution is -2.53. The number of likely N-dealkylation sites (N-methyl/N-ethyl adjacent to an activating group) is 1. The highest BCUT2D eigenvalue weighted by molar-refractivity contribution is 14.0. The Hall–Kier alpha value is -1.62. The van der Waals surface area contributed by atoms with Crippen LogP contribution in [0.15, 0.2) is 29.4 Å². The monoisotopic (exact) mass is 502 g/mol. The lowest BCUT2D eigenvalue weighted by molar-refractivity contribution is -0.127. The van der Waals surface area contributed by atoms with Gasteiger partial charge in [0.25, 0.3) is 0 Å². The average Bonchev–Trinajstić information content (AvgIpc) is 3.22. The van der Waals surface area contributed by atoms with E-state index in [0.717, 1.165) is 64.1 Å². The molecule has 0 saturated carbocycles. The lowest BCUT2D eigenvalue weighted by Gasteiger charge is -2.37. The molecule has 2 fully saturated rings. The molecule has 8 nitrogen and oxygen atoms in total. The van der Waals surface area contributed by atoms with E-state index in [9.17, 15) is 4.79 Å². The number of hydrogen-bond acceptors (Lipinski definition) is 5. The zero-order valence-electron chi connectivity index (χ0n) is 16.7. The van der Waals surface area contributed by atoms with Crippen LogP contribution < -0.4 is 10.2 Å². The van der Waals surface area contributed by atoms with Crippen molar-refractivity contribution in [3.63, 3.8) is 0 Å². The Kier molecular flexibility index (Phi) is 9.23. The number of rotatable bonds is 5. The zero-order valence-corrected chi connectivity index (χ0v) is 19.0. The number of nitrogens with one attached hydrogen (secondary N) is 1. The van der Waals surface area contributed by atoms with Crippen molar-refractivity contribution in [1.29, 1.82) is 0 Å². The number of aliphatic imine (C=N–C) groups is 1. The molecule has 3 heterocycles. The van der Waals surface area contributed by atoms with E-state index in [4.69, 9.17) is 4.74 Å². The molecule has 1 N–H and O–H groups in total. The number of pyridine rings is 1. The molecule has 0 spiro atoms. The summed E-state index contributed by atoms with van der Waals surface area (Å²) in [7, 11) is 3.51. The fourth-order valence-electron chi connectivity index (χ4n) is 3.22. The number of piperazine rings is 1. The lowest BCUT2D eigenvalue weighted by atomic mass is 10.1. The highest BCUT2D eigenvalue weighted by atomic mass is 127. The Balaban J connectivity index is 0.00000280. The Morgan fingerprint density at radius 1 is 1.32 bits per heavy atom. The van der Waals surface area contributed by atoms with Crippen molar-refractivity contribution in [2.24, 2.45) is 10.9 Å². The topological polar surface area (TPSA) is 73.3 Å². The molecule has 0 aliphatic carbocycles. The fraction of sp³-hybridized carbons (Fsp3) is 0.632. The highest BCUT2D eigenvalue weighted by Gasteiger charge is 2.22. The summed E-state index contributed by atoms with van der Waals surface area (Å²) in [6.07, 6.45) is 2.90. The van der Waals surface area contributed by atoms with Gasteiger partial charge in [0.1, 0.15) is 12.4 Å². The number of anilines is 1. The number of ether oxygens (including phenoxy) is 1. The molecule has 2 aliphatic heterocycles. The molecule has 9 heteroatoms. The second-order valence-corrected chi connectivity index (χ2v) is 7.20. The van der Waals surface area contributed by atoms with Crippen LogP contribution in [0, 0.1) is 5.92 Å². The Bertz CT molecular complexity index is 629. The number of hydrogen-bond donors (Lipinski definition) is 1. The van der Waals surface area contributed by atoms with Gasteiger partial charge in [0.15, 0.2) is 5.96 Å². The zero-order chi connectivity index (χ0) is 19.1. The van der Waals surface area contributed by atoms with Gasteiger partial charge in [-0.2, -0.15) is 0 Å². The second kappa shape index (κ2) is 11.4. The molecule has 1 aromatic rings. The van der Waals surface area contributed by atoms with Crippen LogP contribution in [0.25, 0.3) is 0 Å². The summed E-state index contributed by atoms with van der Waals surface area (Å²) in [4.78, 5) is 27.1. The van der Waals surface area contributed by atoms with Crippen LogP contribution >= 0.6 is 24.0 Å². The molecule has 28 heavy (non-hydrogen) atoms. The minimum Gasteiger partial charge on any atom is -0.381 e. The van der Waals surface area contributed by atoms with Crippen LogP contribution in [0.5, 0.6) is 0 Å². The highest BCUT2D eigenvalue weighted by Crippen LogP contribution is 2.14. The Morgan fingerprint density at radius 2 is 2.11 bits per heavy atom. The van der Waals surface area contributed by atoms with Crippen LogP contribution in [-0.2, 0) is 9.53 Å². The first-order valence-corrected chi connectivity index (χ1v) is 9.60. The molecule has 3 rings (SSSR count). The van der Waals surface area contributed by atoms with E-state index in [-0.39, 0.29) is 36.4 Å². The molecule has 0 aromatic carbocycles. The normalized spacial score (nSPS) is 19.9. The smallest absolute Gasteiger partial charge is 0.243 e. The summed E-state index contributed by atoms with van der Waals surface area (Å²) in [5.74, 6) is 2.34. The van der Waals surface area contributed by atoms with E-state index in [1.807, 2.05) is 24.4 Å². The van der Waals surface area contributed by atoms with Crippen LogP contribution in [0.4, 0.5) is 5.82 Å². The van der Waals surface area contributed by atoms with Crippen molar-refractivity contribution in [3.05, 3.63) is 24.4 Å². The van der Waals surface area contributed by atoms with Gasteiger partial charge >= 0.3 is 0 Å². The van der Waals surface area contributed by atoms with Gasteiger partial charge in [-0.25, -0.2) is 9.98 Å². The van der Waals surface area contributed by atoms with E-state index < -0.39 is 0 Å². The molecule has 2 aliphatic rings. The van der Waals surface area contributed by atoms with Crippen molar-refractivity contribution in [1.82, 2.24) is 20.1 Å². The van der Waals surface area contributed by atoms with Crippen LogP contribution in [0.3, 0.4) is 0 Å². The quantitative estimate of drug-likeness (QED) is 0.367. The summed E-state index contributed by atoms with van der Waals surface area (Å²) in [6.45, 7) is 6.08. The van der Waals surface area contributed by atoms with E-state index in [2.05, 4.69) is 25.1 Å². The summed E-state index contributed by atoms with van der Waals surface area (Å²) in [6, 6.07) is 5.99. The molecule has 1 aromatic heterocycles. The van der Waals surface area contributed by atoms with Crippen molar-refractivity contribution < 1.29 is 9.53 Å². The van der Waals surface area contributed by atoms with Crippen LogP contribution in [0.1, 0.15) is 6.42 Å². The minimum atomic E-state index is 0. The van der Waals surface area contributed by atoms with Gasteiger partial charge < -0.3 is 24.8 Å². The standard InChI is InChI=1S/C19H30N6O2.HI/c1-23(2)18(26)14-22-19(21-13-16-6-12-27-15-16)25-10-8-24(9-11-25)17-5-3-4-7-20-17;/h3-5,7,16H,6,8-15H2,1-2H3,(H,21,22);1H. The van der Waals surface area contributed by atoms with E-state index in [0.29, 0.717) is 5.92 Å². The molecular formula is C19H31IN6O2. The first-order valence-electron chi connectivity index (χ1n) is 9.60. The largest absolute Gasteiger partial charge is 0.381 e. The number of carbonyl (C=O) groups is 1. The fourth-order valence-corrected chi connectivity index (χ4v) is 3.22. The predicted octanol–water partition coefficient (Wildman–Crippen LogP) is 0.892. The van der Waals surface area contributed by atoms with Gasteiger partial charge in [-0.05, 0) is 18.6 Å². The Labute approximate surface area is 184 Å². The van der Waals surface area contributed by atoms with Crippen LogP contribution in [-0.4, -0.2) is 93.2 Å². The third-order valence-electron chi connectivity index (χ3n) is 4.99. The third kappa shape index (κ3) is 6.47. The minimum absolute atomic E-state index is 0. The number of halogens is 1. The van der Waals surface area contributed by atoms with Crippen molar-refractivity contribution in [3.8, 4) is 0 Å². The molecule has 1 amide bonds. The molecule has 0 bridgehead atoms. The van der Waals surface area contributed by atoms with Gasteiger partial charge in [0.2, 0.25) is 5.91 Å². The van der Waals surface area contributed by atoms with E-state index >= 15 is 0 Å². The van der Waals surface area contributed by atoms with E-state index in [1.165, 1.54) is 0 Å². The summed E-state index contributed by atoms with van der Waals surface area (Å²) in [5.41, 5.74) is 0. The number of guanidine groups is 1. The third-order valence-corrected chi connectivity index (χ3v) is 4.99. The van der Waals surface area contributed by atoms with Crippen molar-refractivity contribution in [2.75, 3.05) is 71.5 Å².